The molecular formula is C34H50N2O5S. The lowest BCUT2D eigenvalue weighted by Gasteiger charge is -2.42. The van der Waals surface area contributed by atoms with E-state index in [0.29, 0.717) is 11.6 Å². The number of benzene rings is 2. The average Bonchev–Trinajstić information content (AvgIpc) is 3.74. The number of hydrogen-bond acceptors (Lipinski definition) is 5. The minimum absolute atomic E-state index is 0. The maximum atomic E-state index is 13.5. The van der Waals surface area contributed by atoms with Crippen LogP contribution in [0.3, 0.4) is 0 Å². The fourth-order valence-electron chi connectivity index (χ4n) is 6.45. The van der Waals surface area contributed by atoms with Gasteiger partial charge in [0.15, 0.2) is 0 Å². The molecule has 0 aliphatic heterocycles. The molecule has 232 valence electrons. The Hall–Kier alpha value is -2.71. The van der Waals surface area contributed by atoms with Crippen molar-refractivity contribution in [3.63, 3.8) is 0 Å². The summed E-state index contributed by atoms with van der Waals surface area (Å²) in [5.74, 6) is -1.32. The molecule has 8 heteroatoms. The Morgan fingerprint density at radius 1 is 1.02 bits per heavy atom. The van der Waals surface area contributed by atoms with E-state index in [1.54, 1.807) is 6.07 Å². The maximum Gasteiger partial charge on any atom is 0.326 e. The van der Waals surface area contributed by atoms with Crippen LogP contribution in [0.2, 0.25) is 0 Å². The summed E-state index contributed by atoms with van der Waals surface area (Å²) in [6.07, 6.45) is 11.2. The number of nitrogens with zero attached hydrogens (tertiary/aromatic N) is 1. The van der Waals surface area contributed by atoms with E-state index in [4.69, 9.17) is 0 Å². The Kier molecular flexibility index (Phi) is 11.4. The number of carbonyl (C=O) groups excluding carboxylic acids is 1. The molecule has 1 amide bonds. The largest absolute Gasteiger partial charge is 0.480 e. The minimum Gasteiger partial charge on any atom is -0.480 e. The van der Waals surface area contributed by atoms with Crippen molar-refractivity contribution in [2.45, 2.75) is 110 Å². The van der Waals surface area contributed by atoms with Gasteiger partial charge in [0.25, 0.3) is 5.91 Å². The van der Waals surface area contributed by atoms with Crippen molar-refractivity contribution in [3.8, 4) is 11.1 Å². The Bertz CT molecular complexity index is 1340. The van der Waals surface area contributed by atoms with E-state index in [9.17, 15) is 23.1 Å². The van der Waals surface area contributed by atoms with Crippen molar-refractivity contribution >= 4 is 21.7 Å². The summed E-state index contributed by atoms with van der Waals surface area (Å²) in [6.45, 7) is 7.55. The first-order chi connectivity index (χ1) is 19.3. The number of hydrogen-bond donors (Lipinski definition) is 2. The van der Waals surface area contributed by atoms with Crippen LogP contribution in [0.15, 0.2) is 42.5 Å². The smallest absolute Gasteiger partial charge is 0.326 e. The summed E-state index contributed by atoms with van der Waals surface area (Å²) < 4.78 is 23.3. The molecule has 4 rings (SSSR count). The molecule has 0 bridgehead atoms. The third kappa shape index (κ3) is 9.14. The van der Waals surface area contributed by atoms with Crippen LogP contribution >= 0.6 is 0 Å². The number of carboxylic acids is 1. The highest BCUT2D eigenvalue weighted by Crippen LogP contribution is 2.40. The first-order valence-corrected chi connectivity index (χ1v) is 17.1. The second-order valence-corrected chi connectivity index (χ2v) is 15.1. The predicted octanol–water partition coefficient (Wildman–Crippen LogP) is 6.63. The van der Waals surface area contributed by atoms with Crippen LogP contribution in [0.5, 0.6) is 0 Å². The molecule has 0 saturated heterocycles. The molecule has 0 unspecified atom stereocenters. The number of amides is 1. The second kappa shape index (κ2) is 14.2. The van der Waals surface area contributed by atoms with Crippen LogP contribution in [-0.2, 0) is 21.2 Å². The molecule has 2 saturated carbocycles. The van der Waals surface area contributed by atoms with Gasteiger partial charge in [-0.1, -0.05) is 69.9 Å². The first-order valence-electron chi connectivity index (χ1n) is 15.0. The van der Waals surface area contributed by atoms with Gasteiger partial charge in [0, 0.05) is 29.9 Å². The van der Waals surface area contributed by atoms with Crippen LogP contribution in [0.25, 0.3) is 11.1 Å². The molecular weight excluding hydrogens is 548 g/mol. The fraction of sp³-hybridized carbons (Fsp3) is 0.588. The Morgan fingerprint density at radius 3 is 2.29 bits per heavy atom. The molecule has 2 aliphatic carbocycles. The van der Waals surface area contributed by atoms with Gasteiger partial charge in [0.2, 0.25) is 0 Å². The molecule has 42 heavy (non-hydrogen) atoms. The topological polar surface area (TPSA) is 104 Å². The van der Waals surface area contributed by atoms with Crippen molar-refractivity contribution in [3.05, 3.63) is 59.2 Å². The maximum absolute atomic E-state index is 13.5. The molecule has 2 aliphatic rings. The van der Waals surface area contributed by atoms with Gasteiger partial charge < -0.3 is 10.4 Å². The number of sulfone groups is 1. The monoisotopic (exact) mass is 598 g/mol. The van der Waals surface area contributed by atoms with Crippen LogP contribution in [0.4, 0.5) is 0 Å². The highest BCUT2D eigenvalue weighted by molar-refractivity contribution is 7.90. The molecule has 7 nitrogen and oxygen atoms in total. The van der Waals surface area contributed by atoms with Gasteiger partial charge in [-0.05, 0) is 86.8 Å². The highest BCUT2D eigenvalue weighted by atomic mass is 32.2. The van der Waals surface area contributed by atoms with Crippen molar-refractivity contribution < 1.29 is 23.1 Å². The van der Waals surface area contributed by atoms with Crippen LogP contribution < -0.4 is 5.32 Å². The molecule has 1 atom stereocenters. The predicted molar refractivity (Wildman–Crippen MR) is 170 cm³/mol. The summed E-state index contributed by atoms with van der Waals surface area (Å²) >= 11 is 0. The van der Waals surface area contributed by atoms with E-state index >= 15 is 0 Å². The van der Waals surface area contributed by atoms with Gasteiger partial charge in [-0.15, -0.1) is 0 Å². The van der Waals surface area contributed by atoms with Gasteiger partial charge in [-0.2, -0.15) is 0 Å². The molecule has 2 aromatic carbocycles. The number of carboxylic acid groups (broad SMARTS) is 1. The average molecular weight is 599 g/mol. The normalized spacial score (nSPS) is 17.0. The molecule has 2 N–H and O–H groups in total. The Balaban J connectivity index is 0.00000484. The zero-order chi connectivity index (χ0) is 29.8. The standard InChI is InChI=1S/C33H46N2O5S.CH4/c1-23-10-8-9-13-27(23)29-20-25(14-17-28(29)31(36)34-30(32(37)38)18-19-41(4,39)40)22-35(26-15-16-26)33(2,3)21-24-11-6-5-7-12-24;/h8-10,13-14,17,20,24,26,30H,5-7,11-12,15-16,18-19,21-22H2,1-4H3,(H,34,36)(H,37,38);1H4/t30-;/m0./s1. The molecule has 0 spiro atoms. The SMILES string of the molecule is C.Cc1ccccc1-c1cc(CN(C2CC2)C(C)(C)CC2CCCCC2)ccc1C(=O)N[C@@H](CCS(C)(=O)=O)C(=O)O. The van der Waals surface area contributed by atoms with E-state index in [2.05, 4.69) is 30.1 Å². The van der Waals surface area contributed by atoms with Crippen molar-refractivity contribution in [1.29, 1.82) is 0 Å². The molecule has 0 heterocycles. The van der Waals surface area contributed by atoms with Crippen molar-refractivity contribution in [1.82, 2.24) is 10.2 Å². The van der Waals surface area contributed by atoms with Crippen LogP contribution in [0, 0.1) is 12.8 Å². The summed E-state index contributed by atoms with van der Waals surface area (Å²) in [5.41, 5.74) is 4.26. The molecule has 0 radical (unpaired) electrons. The van der Waals surface area contributed by atoms with E-state index < -0.39 is 27.8 Å². The fourth-order valence-corrected chi connectivity index (χ4v) is 7.11. The first kappa shape index (κ1) is 33.8. The zero-order valence-corrected chi connectivity index (χ0v) is 25.8. The lowest BCUT2D eigenvalue weighted by molar-refractivity contribution is -0.139. The number of rotatable bonds is 13. The Morgan fingerprint density at radius 2 is 1.69 bits per heavy atom. The number of carbonyl (C=O) groups is 2. The van der Waals surface area contributed by atoms with Gasteiger partial charge in [-0.3, -0.25) is 9.69 Å². The summed E-state index contributed by atoms with van der Waals surface area (Å²) in [6, 6.07) is 13.0. The highest BCUT2D eigenvalue weighted by Gasteiger charge is 2.39. The second-order valence-electron chi connectivity index (χ2n) is 12.9. The van der Waals surface area contributed by atoms with Crippen LogP contribution in [0.1, 0.15) is 101 Å². The third-order valence-electron chi connectivity index (χ3n) is 8.78. The molecule has 2 aromatic rings. The van der Waals surface area contributed by atoms with E-state index in [1.165, 1.54) is 51.4 Å². The lowest BCUT2D eigenvalue weighted by atomic mass is 9.80. The lowest BCUT2D eigenvalue weighted by Crippen LogP contribution is -2.46. The van der Waals surface area contributed by atoms with Crippen LogP contribution in [-0.4, -0.2) is 59.9 Å². The van der Waals surface area contributed by atoms with Crippen molar-refractivity contribution in [2.75, 3.05) is 12.0 Å². The zero-order valence-electron chi connectivity index (χ0n) is 25.0. The van der Waals surface area contributed by atoms with Crippen molar-refractivity contribution in [2.24, 2.45) is 5.92 Å². The van der Waals surface area contributed by atoms with Gasteiger partial charge in [-0.25, -0.2) is 13.2 Å². The van der Waals surface area contributed by atoms with Gasteiger partial charge in [0.05, 0.1) is 5.75 Å². The number of aliphatic carboxylic acids is 1. The number of nitrogens with one attached hydrogen (secondary N) is 1. The minimum atomic E-state index is -3.37. The number of aryl methyl sites for hydroxylation is 1. The summed E-state index contributed by atoms with van der Waals surface area (Å²) in [5, 5.41) is 12.3. The van der Waals surface area contributed by atoms with Gasteiger partial charge >= 0.3 is 5.97 Å². The molecule has 2 fully saturated rings. The molecule has 0 aromatic heterocycles. The van der Waals surface area contributed by atoms with E-state index in [-0.39, 0.29) is 25.1 Å². The summed E-state index contributed by atoms with van der Waals surface area (Å²) in [4.78, 5) is 28.0. The third-order valence-corrected chi connectivity index (χ3v) is 9.75. The van der Waals surface area contributed by atoms with E-state index in [1.807, 2.05) is 37.3 Å². The van der Waals surface area contributed by atoms with E-state index in [0.717, 1.165) is 41.0 Å². The summed E-state index contributed by atoms with van der Waals surface area (Å²) in [7, 11) is -3.37. The quantitative estimate of drug-likeness (QED) is 0.268. The Labute approximate surface area is 253 Å². The van der Waals surface area contributed by atoms with Gasteiger partial charge in [0.1, 0.15) is 15.9 Å².